The predicted octanol–water partition coefficient (Wildman–Crippen LogP) is 3.07. The first-order valence-electron chi connectivity index (χ1n) is 5.66. The van der Waals surface area contributed by atoms with E-state index in [1.807, 2.05) is 26.1 Å². The molecule has 0 aliphatic heterocycles. The zero-order chi connectivity index (χ0) is 13.1. The van der Waals surface area contributed by atoms with Crippen molar-refractivity contribution in [2.24, 2.45) is 0 Å². The van der Waals surface area contributed by atoms with Crippen LogP contribution in [0.15, 0.2) is 12.1 Å². The number of hydrogen-bond donors (Lipinski definition) is 2. The average molecular weight is 257 g/mol. The van der Waals surface area contributed by atoms with Crippen molar-refractivity contribution in [3.8, 4) is 5.75 Å². The Morgan fingerprint density at radius 2 is 2.00 bits per heavy atom. The van der Waals surface area contributed by atoms with E-state index in [9.17, 15) is 0 Å². The lowest BCUT2D eigenvalue weighted by atomic mass is 10.1. The minimum Gasteiger partial charge on any atom is -0.495 e. The van der Waals surface area contributed by atoms with Gasteiger partial charge in [-0.25, -0.2) is 0 Å². The summed E-state index contributed by atoms with van der Waals surface area (Å²) in [6, 6.07) is 3.85. The fraction of sp³-hybridized carbons (Fsp3) is 0.538. The summed E-state index contributed by atoms with van der Waals surface area (Å²) >= 11 is 6.10. The number of halogens is 1. The second kappa shape index (κ2) is 5.61. The number of rotatable bonds is 5. The van der Waals surface area contributed by atoms with Crippen LogP contribution in [0.25, 0.3) is 0 Å². The van der Waals surface area contributed by atoms with Crippen molar-refractivity contribution in [2.45, 2.75) is 26.3 Å². The molecule has 0 bridgehead atoms. The molecule has 0 fully saturated rings. The van der Waals surface area contributed by atoms with Crippen molar-refractivity contribution in [3.05, 3.63) is 22.7 Å². The minimum atomic E-state index is 0.0405. The molecule has 1 aromatic rings. The quantitative estimate of drug-likeness (QED) is 0.850. The van der Waals surface area contributed by atoms with Gasteiger partial charge >= 0.3 is 0 Å². The van der Waals surface area contributed by atoms with Crippen molar-refractivity contribution >= 4 is 17.3 Å². The molecule has 1 rings (SSSR count). The van der Waals surface area contributed by atoms with Crippen LogP contribution < -0.4 is 15.4 Å². The Hall–Kier alpha value is -0.930. The summed E-state index contributed by atoms with van der Waals surface area (Å²) in [5, 5.41) is 7.27. The Morgan fingerprint density at radius 3 is 2.53 bits per heavy atom. The molecule has 0 saturated carbocycles. The van der Waals surface area contributed by atoms with Gasteiger partial charge in [-0.1, -0.05) is 11.6 Å². The Bertz CT molecular complexity index is 391. The molecule has 96 valence electrons. The number of benzene rings is 1. The molecule has 0 aromatic heterocycles. The number of methoxy groups -OCH3 is 1. The second-order valence-electron chi connectivity index (χ2n) is 4.79. The van der Waals surface area contributed by atoms with Crippen LogP contribution in [0.4, 0.5) is 5.69 Å². The van der Waals surface area contributed by atoms with Gasteiger partial charge in [0.15, 0.2) is 0 Å². The molecule has 17 heavy (non-hydrogen) atoms. The zero-order valence-corrected chi connectivity index (χ0v) is 11.9. The SMILES string of the molecule is CNC(C)(C)CNc1cc(Cl)c(OC)cc1C. The van der Waals surface area contributed by atoms with E-state index in [0.717, 1.165) is 17.8 Å². The fourth-order valence-corrected chi connectivity index (χ4v) is 1.65. The number of aryl methyl sites for hydroxylation is 1. The monoisotopic (exact) mass is 256 g/mol. The molecule has 0 radical (unpaired) electrons. The van der Waals surface area contributed by atoms with Gasteiger partial charge in [-0.05, 0) is 45.5 Å². The van der Waals surface area contributed by atoms with E-state index in [1.165, 1.54) is 0 Å². The molecule has 3 nitrogen and oxygen atoms in total. The minimum absolute atomic E-state index is 0.0405. The van der Waals surface area contributed by atoms with E-state index >= 15 is 0 Å². The van der Waals surface area contributed by atoms with Crippen LogP contribution in [0.2, 0.25) is 5.02 Å². The van der Waals surface area contributed by atoms with Crippen LogP contribution >= 0.6 is 11.6 Å². The Kier molecular flexibility index (Phi) is 4.66. The first-order valence-corrected chi connectivity index (χ1v) is 6.04. The van der Waals surface area contributed by atoms with Crippen LogP contribution in [-0.2, 0) is 0 Å². The lowest BCUT2D eigenvalue weighted by Gasteiger charge is -2.25. The van der Waals surface area contributed by atoms with Crippen LogP contribution in [-0.4, -0.2) is 26.2 Å². The number of nitrogens with one attached hydrogen (secondary N) is 2. The standard InChI is InChI=1S/C13H21ClN2O/c1-9-6-12(17-5)10(14)7-11(9)16-8-13(2,3)15-4/h6-7,15-16H,8H2,1-5H3. The van der Waals surface area contributed by atoms with E-state index in [2.05, 4.69) is 24.5 Å². The van der Waals surface area contributed by atoms with Gasteiger partial charge in [0, 0.05) is 17.8 Å². The first-order chi connectivity index (χ1) is 7.89. The Labute approximate surface area is 109 Å². The molecule has 0 amide bonds. The van der Waals surface area contributed by atoms with E-state index in [1.54, 1.807) is 7.11 Å². The van der Waals surface area contributed by atoms with E-state index in [0.29, 0.717) is 10.8 Å². The molecule has 4 heteroatoms. The van der Waals surface area contributed by atoms with Crippen LogP contribution in [0.3, 0.4) is 0 Å². The van der Waals surface area contributed by atoms with E-state index in [-0.39, 0.29) is 5.54 Å². The highest BCUT2D eigenvalue weighted by atomic mass is 35.5. The van der Waals surface area contributed by atoms with Crippen LogP contribution in [0.5, 0.6) is 5.75 Å². The Morgan fingerprint density at radius 1 is 1.35 bits per heavy atom. The summed E-state index contributed by atoms with van der Waals surface area (Å²) in [6.45, 7) is 7.14. The van der Waals surface area contributed by atoms with Gasteiger partial charge in [-0.2, -0.15) is 0 Å². The summed E-state index contributed by atoms with van der Waals surface area (Å²) in [4.78, 5) is 0. The average Bonchev–Trinajstić information content (AvgIpc) is 2.29. The maximum atomic E-state index is 6.10. The molecule has 0 unspecified atom stereocenters. The highest BCUT2D eigenvalue weighted by Gasteiger charge is 2.15. The Balaban J connectivity index is 2.82. The topological polar surface area (TPSA) is 33.3 Å². The highest BCUT2D eigenvalue weighted by molar-refractivity contribution is 6.32. The molecular weight excluding hydrogens is 236 g/mol. The molecule has 0 aliphatic carbocycles. The van der Waals surface area contributed by atoms with Crippen molar-refractivity contribution in [3.63, 3.8) is 0 Å². The third-order valence-corrected chi connectivity index (χ3v) is 3.19. The molecule has 2 N–H and O–H groups in total. The lowest BCUT2D eigenvalue weighted by Crippen LogP contribution is -2.42. The maximum absolute atomic E-state index is 6.10. The second-order valence-corrected chi connectivity index (χ2v) is 5.20. The molecule has 0 saturated heterocycles. The lowest BCUT2D eigenvalue weighted by molar-refractivity contribution is 0.414. The molecule has 0 heterocycles. The number of hydrogen-bond acceptors (Lipinski definition) is 3. The third kappa shape index (κ3) is 3.79. The van der Waals surface area contributed by atoms with Crippen LogP contribution in [0.1, 0.15) is 19.4 Å². The summed E-state index contributed by atoms with van der Waals surface area (Å²) in [7, 11) is 3.58. The number of anilines is 1. The molecule has 1 aromatic carbocycles. The van der Waals surface area contributed by atoms with E-state index < -0.39 is 0 Å². The van der Waals surface area contributed by atoms with Crippen LogP contribution in [0, 0.1) is 6.92 Å². The van der Waals surface area contributed by atoms with Gasteiger partial charge in [0.1, 0.15) is 5.75 Å². The summed E-state index contributed by atoms with van der Waals surface area (Å²) < 4.78 is 5.18. The molecule has 0 spiro atoms. The van der Waals surface area contributed by atoms with Gasteiger partial charge in [-0.3, -0.25) is 0 Å². The molecule has 0 aliphatic rings. The largest absolute Gasteiger partial charge is 0.495 e. The van der Waals surface area contributed by atoms with E-state index in [4.69, 9.17) is 16.3 Å². The van der Waals surface area contributed by atoms with Crippen molar-refractivity contribution in [2.75, 3.05) is 26.0 Å². The van der Waals surface area contributed by atoms with Gasteiger partial charge < -0.3 is 15.4 Å². The number of likely N-dealkylation sites (N-methyl/N-ethyl adjacent to an activating group) is 1. The first kappa shape index (κ1) is 14.1. The van der Waals surface area contributed by atoms with Gasteiger partial charge in [0.2, 0.25) is 0 Å². The van der Waals surface area contributed by atoms with Crippen molar-refractivity contribution in [1.82, 2.24) is 5.32 Å². The summed E-state index contributed by atoms with van der Waals surface area (Å²) in [5.74, 6) is 0.711. The predicted molar refractivity (Wildman–Crippen MR) is 74.4 cm³/mol. The highest BCUT2D eigenvalue weighted by Crippen LogP contribution is 2.30. The van der Waals surface area contributed by atoms with Gasteiger partial charge in [0.25, 0.3) is 0 Å². The third-order valence-electron chi connectivity index (χ3n) is 2.90. The van der Waals surface area contributed by atoms with Crippen molar-refractivity contribution in [1.29, 1.82) is 0 Å². The van der Waals surface area contributed by atoms with Crippen molar-refractivity contribution < 1.29 is 4.74 Å². The van der Waals surface area contributed by atoms with Gasteiger partial charge in [0.05, 0.1) is 12.1 Å². The fourth-order valence-electron chi connectivity index (χ4n) is 1.41. The summed E-state index contributed by atoms with van der Waals surface area (Å²) in [5.41, 5.74) is 2.20. The van der Waals surface area contributed by atoms with Gasteiger partial charge in [-0.15, -0.1) is 0 Å². The zero-order valence-electron chi connectivity index (χ0n) is 11.1. The molecular formula is C13H21ClN2O. The molecule has 0 atom stereocenters. The smallest absolute Gasteiger partial charge is 0.137 e. The number of ether oxygens (including phenoxy) is 1. The maximum Gasteiger partial charge on any atom is 0.137 e. The normalized spacial score (nSPS) is 11.4. The summed E-state index contributed by atoms with van der Waals surface area (Å²) in [6.07, 6.45) is 0.